The molecule has 1 atom stereocenters. The Hall–Kier alpha value is -2.12. The van der Waals surface area contributed by atoms with Gasteiger partial charge in [-0.3, -0.25) is 4.98 Å². The zero-order chi connectivity index (χ0) is 17.1. The molecular weight excluding hydrogens is 323 g/mol. The van der Waals surface area contributed by atoms with E-state index in [4.69, 9.17) is 9.47 Å². The molecule has 7 heteroatoms. The molecule has 0 amide bonds. The number of ether oxygens (including phenoxy) is 2. The summed E-state index contributed by atoms with van der Waals surface area (Å²) in [4.78, 5) is 14.1. The minimum atomic E-state index is -0.416. The van der Waals surface area contributed by atoms with E-state index < -0.39 is 5.82 Å². The van der Waals surface area contributed by atoms with Gasteiger partial charge in [0.05, 0.1) is 32.1 Å². The molecule has 0 aliphatic carbocycles. The molecule has 2 fully saturated rings. The number of nitrogens with zero attached hydrogens (tertiary/aromatic N) is 4. The third-order valence-corrected chi connectivity index (χ3v) is 5.04. The second-order valence-corrected chi connectivity index (χ2v) is 6.65. The molecule has 4 heterocycles. The number of rotatable bonds is 6. The number of aromatic nitrogens is 3. The molecule has 2 aliphatic rings. The Morgan fingerprint density at radius 1 is 1.24 bits per heavy atom. The second-order valence-electron chi connectivity index (χ2n) is 6.65. The van der Waals surface area contributed by atoms with Crippen LogP contribution < -0.4 is 4.90 Å². The lowest BCUT2D eigenvalue weighted by Crippen LogP contribution is -2.65. The monoisotopic (exact) mass is 344 g/mol. The Morgan fingerprint density at radius 2 is 2.00 bits per heavy atom. The van der Waals surface area contributed by atoms with Gasteiger partial charge in [0.2, 0.25) is 5.95 Å². The van der Waals surface area contributed by atoms with Gasteiger partial charge >= 0.3 is 0 Å². The van der Waals surface area contributed by atoms with Crippen LogP contribution in [0.3, 0.4) is 0 Å². The molecule has 0 N–H and O–H groups in total. The SMILES string of the molecule is Fc1cnc(N2CC3(C2)OCC[C@@H]3CCOCc2ccncc2)nc1. The van der Waals surface area contributed by atoms with Gasteiger partial charge < -0.3 is 14.4 Å². The Kier molecular flexibility index (Phi) is 4.59. The maximum atomic E-state index is 12.9. The summed E-state index contributed by atoms with van der Waals surface area (Å²) >= 11 is 0. The topological polar surface area (TPSA) is 60.4 Å². The van der Waals surface area contributed by atoms with Gasteiger partial charge in [-0.2, -0.15) is 0 Å². The van der Waals surface area contributed by atoms with E-state index >= 15 is 0 Å². The number of hydrogen-bond donors (Lipinski definition) is 0. The summed E-state index contributed by atoms with van der Waals surface area (Å²) < 4.78 is 24.8. The summed E-state index contributed by atoms with van der Waals surface area (Å²) in [6, 6.07) is 3.93. The van der Waals surface area contributed by atoms with Crippen LogP contribution in [-0.2, 0) is 16.1 Å². The third kappa shape index (κ3) is 3.48. The van der Waals surface area contributed by atoms with Gasteiger partial charge in [-0.1, -0.05) is 0 Å². The van der Waals surface area contributed by atoms with Crippen LogP contribution in [0.1, 0.15) is 18.4 Å². The Morgan fingerprint density at radius 3 is 2.76 bits per heavy atom. The maximum absolute atomic E-state index is 12.9. The van der Waals surface area contributed by atoms with E-state index in [9.17, 15) is 4.39 Å². The molecule has 2 aromatic rings. The molecule has 0 unspecified atom stereocenters. The molecule has 2 aliphatic heterocycles. The average Bonchev–Trinajstić information content (AvgIpc) is 3.03. The van der Waals surface area contributed by atoms with Crippen molar-refractivity contribution in [1.29, 1.82) is 0 Å². The van der Waals surface area contributed by atoms with Crippen molar-refractivity contribution >= 4 is 5.95 Å². The first-order valence-electron chi connectivity index (χ1n) is 8.58. The van der Waals surface area contributed by atoms with Gasteiger partial charge in [0.1, 0.15) is 5.60 Å². The number of halogens is 1. The average molecular weight is 344 g/mol. The molecule has 6 nitrogen and oxygen atoms in total. The fraction of sp³-hybridized carbons (Fsp3) is 0.500. The van der Waals surface area contributed by atoms with Crippen molar-refractivity contribution in [2.24, 2.45) is 5.92 Å². The lowest BCUT2D eigenvalue weighted by Gasteiger charge is -2.50. The van der Waals surface area contributed by atoms with Gasteiger partial charge in [-0.15, -0.1) is 0 Å². The van der Waals surface area contributed by atoms with Crippen LogP contribution in [0.5, 0.6) is 0 Å². The first-order valence-corrected chi connectivity index (χ1v) is 8.58. The van der Waals surface area contributed by atoms with E-state index in [0.717, 1.165) is 38.1 Å². The highest BCUT2D eigenvalue weighted by Gasteiger charge is 2.53. The minimum absolute atomic E-state index is 0.127. The number of pyridine rings is 1. The maximum Gasteiger partial charge on any atom is 0.225 e. The number of hydrogen-bond acceptors (Lipinski definition) is 6. The zero-order valence-electron chi connectivity index (χ0n) is 14.0. The summed E-state index contributed by atoms with van der Waals surface area (Å²) in [5, 5.41) is 0. The predicted molar refractivity (Wildman–Crippen MR) is 89.5 cm³/mol. The van der Waals surface area contributed by atoms with E-state index in [1.807, 2.05) is 17.0 Å². The fourth-order valence-corrected chi connectivity index (χ4v) is 3.65. The van der Waals surface area contributed by atoms with E-state index in [-0.39, 0.29) is 5.60 Å². The van der Waals surface area contributed by atoms with E-state index in [2.05, 4.69) is 15.0 Å². The lowest BCUT2D eigenvalue weighted by atomic mass is 9.79. The summed E-state index contributed by atoms with van der Waals surface area (Å²) in [5.41, 5.74) is 1.01. The molecule has 2 saturated heterocycles. The molecule has 2 aromatic heterocycles. The van der Waals surface area contributed by atoms with E-state index in [0.29, 0.717) is 25.1 Å². The molecule has 4 rings (SSSR count). The van der Waals surface area contributed by atoms with Crippen molar-refractivity contribution in [2.75, 3.05) is 31.2 Å². The van der Waals surface area contributed by atoms with Crippen LogP contribution in [-0.4, -0.2) is 46.9 Å². The zero-order valence-corrected chi connectivity index (χ0v) is 14.0. The first kappa shape index (κ1) is 16.4. The van der Waals surface area contributed by atoms with Gasteiger partial charge in [0.15, 0.2) is 5.82 Å². The minimum Gasteiger partial charge on any atom is -0.377 e. The van der Waals surface area contributed by atoms with Crippen molar-refractivity contribution in [1.82, 2.24) is 15.0 Å². The van der Waals surface area contributed by atoms with Gasteiger partial charge in [0.25, 0.3) is 0 Å². The Labute approximate surface area is 146 Å². The normalized spacial score (nSPS) is 21.5. The molecule has 0 radical (unpaired) electrons. The largest absolute Gasteiger partial charge is 0.377 e. The second kappa shape index (κ2) is 7.01. The summed E-state index contributed by atoms with van der Waals surface area (Å²) in [6.07, 6.45) is 7.98. The van der Waals surface area contributed by atoms with Crippen LogP contribution in [0.25, 0.3) is 0 Å². The molecule has 0 bridgehead atoms. The fourth-order valence-electron chi connectivity index (χ4n) is 3.65. The van der Waals surface area contributed by atoms with Crippen molar-refractivity contribution in [2.45, 2.75) is 25.0 Å². The highest BCUT2D eigenvalue weighted by Crippen LogP contribution is 2.42. The van der Waals surface area contributed by atoms with Crippen LogP contribution in [0, 0.1) is 11.7 Å². The Bertz CT molecular complexity index is 692. The van der Waals surface area contributed by atoms with E-state index in [1.165, 1.54) is 12.4 Å². The van der Waals surface area contributed by atoms with Crippen LogP contribution in [0.4, 0.5) is 10.3 Å². The van der Waals surface area contributed by atoms with Crippen LogP contribution in [0.15, 0.2) is 36.9 Å². The standard InChI is InChI=1S/C18H21FN4O2/c19-16-9-21-17(22-10-16)23-12-18(13-23)15(4-8-25-18)3-7-24-11-14-1-5-20-6-2-14/h1-2,5-6,9-10,15H,3-4,7-8,11-13H2/t15-/m0/s1. The highest BCUT2D eigenvalue weighted by molar-refractivity contribution is 5.37. The van der Waals surface area contributed by atoms with Crippen molar-refractivity contribution < 1.29 is 13.9 Å². The van der Waals surface area contributed by atoms with E-state index in [1.54, 1.807) is 12.4 Å². The molecule has 0 aromatic carbocycles. The lowest BCUT2D eigenvalue weighted by molar-refractivity contribution is -0.0515. The highest BCUT2D eigenvalue weighted by atomic mass is 19.1. The third-order valence-electron chi connectivity index (χ3n) is 5.04. The Balaban J connectivity index is 1.26. The van der Waals surface area contributed by atoms with Gasteiger partial charge in [-0.25, -0.2) is 14.4 Å². The molecule has 132 valence electrons. The van der Waals surface area contributed by atoms with Crippen LogP contribution >= 0.6 is 0 Å². The molecule has 25 heavy (non-hydrogen) atoms. The predicted octanol–water partition coefficient (Wildman–Crippen LogP) is 2.21. The molecular formula is C18H21FN4O2. The van der Waals surface area contributed by atoms with Gasteiger partial charge in [-0.05, 0) is 36.5 Å². The van der Waals surface area contributed by atoms with Crippen molar-refractivity contribution in [3.8, 4) is 0 Å². The molecule has 1 spiro atoms. The first-order chi connectivity index (χ1) is 12.3. The number of anilines is 1. The molecule has 0 saturated carbocycles. The van der Waals surface area contributed by atoms with Crippen molar-refractivity contribution in [3.05, 3.63) is 48.3 Å². The summed E-state index contributed by atoms with van der Waals surface area (Å²) in [5.74, 6) is 0.622. The van der Waals surface area contributed by atoms with Gasteiger partial charge in [0, 0.05) is 25.6 Å². The van der Waals surface area contributed by atoms with Crippen molar-refractivity contribution in [3.63, 3.8) is 0 Å². The summed E-state index contributed by atoms with van der Waals surface area (Å²) in [7, 11) is 0. The van der Waals surface area contributed by atoms with Crippen LogP contribution in [0.2, 0.25) is 0 Å². The quantitative estimate of drug-likeness (QED) is 0.749. The smallest absolute Gasteiger partial charge is 0.225 e. The summed E-state index contributed by atoms with van der Waals surface area (Å²) in [6.45, 7) is 3.62.